The van der Waals surface area contributed by atoms with E-state index in [4.69, 9.17) is 0 Å². The van der Waals surface area contributed by atoms with Gasteiger partial charge in [0.2, 0.25) is 0 Å². The molecule has 2 rings (SSSR count). The van der Waals surface area contributed by atoms with Gasteiger partial charge in [-0.1, -0.05) is 6.42 Å². The third kappa shape index (κ3) is 1.74. The summed E-state index contributed by atoms with van der Waals surface area (Å²) in [6.45, 7) is 1.49. The van der Waals surface area contributed by atoms with Crippen LogP contribution in [0.15, 0.2) is 0 Å². The lowest BCUT2D eigenvalue weighted by Gasteiger charge is -2.31. The Morgan fingerprint density at radius 3 is 1.92 bits per heavy atom. The zero-order valence-corrected chi connectivity index (χ0v) is 8.59. The van der Waals surface area contributed by atoms with Crippen LogP contribution in [0.5, 0.6) is 0 Å². The van der Waals surface area contributed by atoms with Crippen molar-refractivity contribution in [1.29, 1.82) is 0 Å². The Morgan fingerprint density at radius 1 is 0.923 bits per heavy atom. The largest absolute Gasteiger partial charge is 0.242 e. The topological polar surface area (TPSA) is 48.2 Å². The molecule has 75 valence electrons. The number of rotatable bonds is 2. The summed E-state index contributed by atoms with van der Waals surface area (Å²) in [5.74, 6) is 0. The van der Waals surface area contributed by atoms with Crippen molar-refractivity contribution in [3.05, 3.63) is 0 Å². The van der Waals surface area contributed by atoms with E-state index >= 15 is 0 Å². The second-order valence-corrected chi connectivity index (χ2v) is 6.52. The highest BCUT2D eigenvalue weighted by Crippen LogP contribution is 2.31. The van der Waals surface area contributed by atoms with Gasteiger partial charge in [0.1, 0.15) is 0 Å². The van der Waals surface area contributed by atoms with Crippen LogP contribution in [0.4, 0.5) is 0 Å². The number of sulfone groups is 1. The van der Waals surface area contributed by atoms with Crippen molar-refractivity contribution >= 4 is 9.84 Å². The number of hydrogen-bond acceptors (Lipinski definition) is 2. The first-order chi connectivity index (χ1) is 6.21. The molecule has 0 atom stereocenters. The Bertz CT molecular complexity index is 263. The van der Waals surface area contributed by atoms with E-state index in [0.29, 0.717) is 0 Å². The van der Waals surface area contributed by atoms with Gasteiger partial charge in [0.25, 0.3) is 0 Å². The fraction of sp³-hybridized carbons (Fsp3) is 1.00. The summed E-state index contributed by atoms with van der Waals surface area (Å²) in [5.41, 5.74) is 0. The fourth-order valence-electron chi connectivity index (χ4n) is 2.03. The van der Waals surface area contributed by atoms with E-state index in [-0.39, 0.29) is 10.5 Å². The Labute approximate surface area is 79.8 Å². The number of piperidine rings is 1. The number of hydrogen-bond donors (Lipinski definition) is 0. The monoisotopic (exact) mass is 202 g/mol. The van der Waals surface area contributed by atoms with Crippen molar-refractivity contribution in [2.45, 2.75) is 42.6 Å². The van der Waals surface area contributed by atoms with Crippen LogP contribution in [0.2, 0.25) is 0 Å². The van der Waals surface area contributed by atoms with Crippen molar-refractivity contribution in [1.82, 2.24) is 5.32 Å². The van der Waals surface area contributed by atoms with Gasteiger partial charge in [-0.2, -0.15) is 0 Å². The summed E-state index contributed by atoms with van der Waals surface area (Å²) in [5, 5.41) is 4.10. The van der Waals surface area contributed by atoms with E-state index in [1.54, 1.807) is 0 Å². The van der Waals surface area contributed by atoms with Gasteiger partial charge in [0.05, 0.1) is 10.5 Å². The lowest BCUT2D eigenvalue weighted by Crippen LogP contribution is -2.40. The minimum atomic E-state index is -2.79. The first-order valence-corrected chi connectivity index (χ1v) is 6.68. The Morgan fingerprint density at radius 2 is 1.46 bits per heavy atom. The second-order valence-electron chi connectivity index (χ2n) is 4.01. The smallest absolute Gasteiger partial charge is 0.156 e. The molecule has 1 aliphatic heterocycles. The fourth-order valence-corrected chi connectivity index (χ4v) is 4.43. The third-order valence-corrected chi connectivity index (χ3v) is 6.00. The van der Waals surface area contributed by atoms with Gasteiger partial charge in [-0.15, -0.1) is 0 Å². The Kier molecular flexibility index (Phi) is 2.60. The molecule has 0 aromatic carbocycles. The van der Waals surface area contributed by atoms with E-state index in [1.165, 1.54) is 0 Å². The summed E-state index contributed by atoms with van der Waals surface area (Å²) < 4.78 is 23.9. The van der Waals surface area contributed by atoms with Crippen molar-refractivity contribution in [3.8, 4) is 0 Å². The van der Waals surface area contributed by atoms with Gasteiger partial charge in [-0.05, 0) is 25.7 Å². The second kappa shape index (κ2) is 3.58. The molecule has 1 saturated heterocycles. The van der Waals surface area contributed by atoms with Crippen molar-refractivity contribution in [2.24, 2.45) is 0 Å². The Balaban J connectivity index is 2.03. The third-order valence-electron chi connectivity index (χ3n) is 3.20. The molecule has 3 nitrogen and oxygen atoms in total. The first-order valence-electron chi connectivity index (χ1n) is 5.07. The zero-order chi connectivity index (χ0) is 9.31. The van der Waals surface area contributed by atoms with Gasteiger partial charge in [0, 0.05) is 13.1 Å². The van der Waals surface area contributed by atoms with Gasteiger partial charge in [-0.3, -0.25) is 0 Å². The molecule has 0 N–H and O–H groups in total. The summed E-state index contributed by atoms with van der Waals surface area (Å²) in [7, 11) is -2.79. The molecular weight excluding hydrogens is 186 g/mol. The molecule has 0 aromatic rings. The van der Waals surface area contributed by atoms with Crippen LogP contribution in [-0.2, 0) is 9.84 Å². The number of nitrogens with zero attached hydrogens (tertiary/aromatic N) is 1. The summed E-state index contributed by atoms with van der Waals surface area (Å²) >= 11 is 0. The quantitative estimate of drug-likeness (QED) is 0.662. The predicted octanol–water partition coefficient (Wildman–Crippen LogP) is 0.720. The molecule has 4 heteroatoms. The molecule has 1 radical (unpaired) electrons. The van der Waals surface area contributed by atoms with Gasteiger partial charge in [-0.25, -0.2) is 13.7 Å². The molecule has 0 amide bonds. The molecule has 0 bridgehead atoms. The minimum absolute atomic E-state index is 0.00407. The van der Waals surface area contributed by atoms with Crippen LogP contribution < -0.4 is 5.32 Å². The summed E-state index contributed by atoms with van der Waals surface area (Å²) in [6.07, 6.45) is 4.42. The van der Waals surface area contributed by atoms with Crippen LogP contribution in [0.3, 0.4) is 0 Å². The maximum absolute atomic E-state index is 11.9. The van der Waals surface area contributed by atoms with Gasteiger partial charge in [0.15, 0.2) is 9.84 Å². The van der Waals surface area contributed by atoms with Crippen LogP contribution in [0, 0.1) is 0 Å². The van der Waals surface area contributed by atoms with Gasteiger partial charge >= 0.3 is 0 Å². The van der Waals surface area contributed by atoms with Gasteiger partial charge < -0.3 is 0 Å². The van der Waals surface area contributed by atoms with E-state index in [0.717, 1.165) is 45.2 Å². The maximum Gasteiger partial charge on any atom is 0.156 e. The van der Waals surface area contributed by atoms with Crippen LogP contribution in [-0.4, -0.2) is 32.0 Å². The molecule has 1 saturated carbocycles. The van der Waals surface area contributed by atoms with E-state index in [1.807, 2.05) is 0 Å². The molecule has 2 fully saturated rings. The Hall–Kier alpha value is -0.0900. The van der Waals surface area contributed by atoms with Crippen LogP contribution >= 0.6 is 0 Å². The standard InChI is InChI=1S/C9H16NO2S/c11-13(12,8-2-1-3-8)9-4-6-10-7-5-9/h8-9H,1-7H2. The van der Waals surface area contributed by atoms with E-state index < -0.39 is 9.84 Å². The molecule has 0 spiro atoms. The molecule has 13 heavy (non-hydrogen) atoms. The highest BCUT2D eigenvalue weighted by atomic mass is 32.2. The molecule has 0 aromatic heterocycles. The molecule has 1 heterocycles. The van der Waals surface area contributed by atoms with Crippen molar-refractivity contribution < 1.29 is 8.42 Å². The average molecular weight is 202 g/mol. The van der Waals surface area contributed by atoms with Crippen molar-refractivity contribution in [3.63, 3.8) is 0 Å². The normalized spacial score (nSPS) is 27.1. The predicted molar refractivity (Wildman–Crippen MR) is 51.4 cm³/mol. The van der Waals surface area contributed by atoms with Crippen LogP contribution in [0.1, 0.15) is 32.1 Å². The molecular formula is C9H16NO2S. The highest BCUT2D eigenvalue weighted by Gasteiger charge is 2.37. The molecule has 1 aliphatic carbocycles. The van der Waals surface area contributed by atoms with Crippen molar-refractivity contribution in [2.75, 3.05) is 13.1 Å². The average Bonchev–Trinajstić information content (AvgIpc) is 2.02. The summed E-state index contributed by atoms with van der Waals surface area (Å²) in [6, 6.07) is 0. The lowest BCUT2D eigenvalue weighted by atomic mass is 10.00. The first kappa shape index (κ1) is 9.46. The highest BCUT2D eigenvalue weighted by molar-refractivity contribution is 7.92. The summed E-state index contributed by atoms with van der Waals surface area (Å²) in [4.78, 5) is 0. The lowest BCUT2D eigenvalue weighted by molar-refractivity contribution is 0.444. The maximum atomic E-state index is 11.9. The molecule has 0 unspecified atom stereocenters. The SMILES string of the molecule is O=S(=O)(C1CCC1)C1CC[N]CC1. The minimum Gasteiger partial charge on any atom is -0.242 e. The van der Waals surface area contributed by atoms with Crippen LogP contribution in [0.25, 0.3) is 0 Å². The zero-order valence-electron chi connectivity index (χ0n) is 7.78. The van der Waals surface area contributed by atoms with E-state index in [2.05, 4.69) is 5.32 Å². The molecule has 2 aliphatic rings. The van der Waals surface area contributed by atoms with E-state index in [9.17, 15) is 8.42 Å².